The lowest BCUT2D eigenvalue weighted by Crippen LogP contribution is -2.02. The Morgan fingerprint density at radius 3 is 2.31 bits per heavy atom. The van der Waals surface area contributed by atoms with Gasteiger partial charge in [-0.25, -0.2) is 18.1 Å². The molecule has 0 amide bonds. The molecule has 5 nitrogen and oxygen atoms in total. The highest BCUT2D eigenvalue weighted by Gasteiger charge is 2.17. The predicted molar refractivity (Wildman–Crippen MR) is 115 cm³/mol. The van der Waals surface area contributed by atoms with Gasteiger partial charge in [-0.2, -0.15) is 5.10 Å². The summed E-state index contributed by atoms with van der Waals surface area (Å²) in [5.41, 5.74) is 1.68. The van der Waals surface area contributed by atoms with Crippen LogP contribution < -0.4 is 0 Å². The van der Waals surface area contributed by atoms with Crippen LogP contribution in [0.25, 0.3) is 17.1 Å². The van der Waals surface area contributed by atoms with Crippen LogP contribution in [0, 0.1) is 0 Å². The maximum Gasteiger partial charge on any atom is 0.175 e. The van der Waals surface area contributed by atoms with E-state index in [0.717, 1.165) is 21.0 Å². The zero-order valence-electron chi connectivity index (χ0n) is 15.4. The molecule has 0 spiro atoms. The molecule has 0 fully saturated rings. The molecule has 0 aliphatic heterocycles. The van der Waals surface area contributed by atoms with Crippen molar-refractivity contribution in [1.29, 1.82) is 0 Å². The van der Waals surface area contributed by atoms with Gasteiger partial charge in [-0.3, -0.25) is 0 Å². The number of benzene rings is 2. The van der Waals surface area contributed by atoms with Crippen LogP contribution in [0.3, 0.4) is 0 Å². The predicted octanol–water partition coefficient (Wildman–Crippen LogP) is 5.14. The summed E-state index contributed by atoms with van der Waals surface area (Å²) in [5.74, 6) is 0.678. The van der Waals surface area contributed by atoms with E-state index in [4.69, 9.17) is 11.6 Å². The molecule has 4 aromatic rings. The van der Waals surface area contributed by atoms with Gasteiger partial charge in [0.1, 0.15) is 0 Å². The summed E-state index contributed by atoms with van der Waals surface area (Å²) in [7, 11) is -3.27. The Kier molecular flexibility index (Phi) is 5.45. The summed E-state index contributed by atoms with van der Waals surface area (Å²) in [6.45, 7) is 0. The quantitative estimate of drug-likeness (QED) is 0.429. The molecule has 0 saturated heterocycles. The average Bonchev–Trinajstić information content (AvgIpc) is 3.13. The van der Waals surface area contributed by atoms with Crippen LogP contribution >= 0.6 is 23.4 Å². The molecule has 8 heteroatoms. The van der Waals surface area contributed by atoms with E-state index < -0.39 is 9.84 Å². The van der Waals surface area contributed by atoms with Crippen molar-refractivity contribution in [3.63, 3.8) is 0 Å². The third-order valence-electron chi connectivity index (χ3n) is 4.20. The van der Waals surface area contributed by atoms with Gasteiger partial charge in [0.05, 0.1) is 21.7 Å². The second-order valence-electron chi connectivity index (χ2n) is 6.31. The molecule has 2 heterocycles. The van der Waals surface area contributed by atoms with Gasteiger partial charge >= 0.3 is 0 Å². The van der Waals surface area contributed by atoms with E-state index in [9.17, 15) is 8.42 Å². The molecule has 0 bridgehead atoms. The third kappa shape index (κ3) is 4.37. The van der Waals surface area contributed by atoms with E-state index in [1.807, 2.05) is 42.5 Å². The summed E-state index contributed by atoms with van der Waals surface area (Å²) in [6, 6.07) is 20.0. The van der Waals surface area contributed by atoms with Crippen molar-refractivity contribution in [3.8, 4) is 17.1 Å². The summed E-state index contributed by atoms with van der Waals surface area (Å²) >= 11 is 7.55. The van der Waals surface area contributed by atoms with E-state index in [1.54, 1.807) is 53.1 Å². The second-order valence-corrected chi connectivity index (χ2v) is 9.88. The molecular weight excluding hydrogens is 426 g/mol. The third-order valence-corrected chi connectivity index (χ3v) is 6.61. The fourth-order valence-corrected chi connectivity index (χ4v) is 4.50. The fourth-order valence-electron chi connectivity index (χ4n) is 2.82. The molecule has 0 saturated carbocycles. The molecule has 0 aliphatic carbocycles. The lowest BCUT2D eigenvalue weighted by molar-refractivity contribution is 0.602. The van der Waals surface area contributed by atoms with Crippen molar-refractivity contribution >= 4 is 33.2 Å². The van der Waals surface area contributed by atoms with Crippen molar-refractivity contribution < 1.29 is 8.42 Å². The number of rotatable bonds is 5. The molecule has 0 unspecified atom stereocenters. The molecule has 0 atom stereocenters. The van der Waals surface area contributed by atoms with Crippen LogP contribution in [0.2, 0.25) is 5.02 Å². The van der Waals surface area contributed by atoms with Crippen LogP contribution in [0.4, 0.5) is 0 Å². The van der Waals surface area contributed by atoms with E-state index in [0.29, 0.717) is 10.8 Å². The molecule has 0 N–H and O–H groups in total. The standard InChI is InChI=1S/C21H16ClN3O2S2/c1-29(26,27)18-11-5-15(6-12-18)21-19(28-17-9-7-16(22)8-10-17)14-24-25(21)20-4-2-3-13-23-20/h2-14H,1H3. The van der Waals surface area contributed by atoms with E-state index in [1.165, 1.54) is 6.26 Å². The smallest absolute Gasteiger partial charge is 0.175 e. The van der Waals surface area contributed by atoms with Gasteiger partial charge in [-0.15, -0.1) is 0 Å². The molecule has 29 heavy (non-hydrogen) atoms. The summed E-state index contributed by atoms with van der Waals surface area (Å²) in [6.07, 6.45) is 4.69. The normalized spacial score (nSPS) is 11.5. The van der Waals surface area contributed by atoms with Crippen LogP contribution in [0.1, 0.15) is 0 Å². The zero-order chi connectivity index (χ0) is 20.4. The van der Waals surface area contributed by atoms with Crippen molar-refractivity contribution in [1.82, 2.24) is 14.8 Å². The van der Waals surface area contributed by atoms with Gasteiger partial charge in [0, 0.05) is 27.9 Å². The Bertz CT molecular complexity index is 1240. The highest BCUT2D eigenvalue weighted by molar-refractivity contribution is 7.99. The molecule has 4 rings (SSSR count). The van der Waals surface area contributed by atoms with Gasteiger partial charge in [0.15, 0.2) is 15.7 Å². The maximum atomic E-state index is 11.8. The van der Waals surface area contributed by atoms with E-state index in [2.05, 4.69) is 10.1 Å². The first-order valence-electron chi connectivity index (χ1n) is 8.65. The first-order chi connectivity index (χ1) is 13.9. The van der Waals surface area contributed by atoms with Crippen molar-refractivity contribution in [3.05, 3.63) is 84.1 Å². The van der Waals surface area contributed by atoms with Crippen LogP contribution in [0.5, 0.6) is 0 Å². The number of pyridine rings is 1. The zero-order valence-corrected chi connectivity index (χ0v) is 17.7. The van der Waals surface area contributed by atoms with Crippen LogP contribution in [0.15, 0.2) is 93.8 Å². The Morgan fingerprint density at radius 1 is 0.966 bits per heavy atom. The molecule has 0 radical (unpaired) electrons. The van der Waals surface area contributed by atoms with Gasteiger partial charge in [0.2, 0.25) is 0 Å². The Labute approximate surface area is 178 Å². The van der Waals surface area contributed by atoms with Gasteiger partial charge in [-0.1, -0.05) is 41.6 Å². The lowest BCUT2D eigenvalue weighted by atomic mass is 10.1. The monoisotopic (exact) mass is 441 g/mol. The lowest BCUT2D eigenvalue weighted by Gasteiger charge is -2.10. The van der Waals surface area contributed by atoms with E-state index >= 15 is 0 Å². The number of aromatic nitrogens is 3. The second kappa shape index (κ2) is 8.02. The Balaban J connectivity index is 1.82. The summed E-state index contributed by atoms with van der Waals surface area (Å²) < 4.78 is 25.4. The summed E-state index contributed by atoms with van der Waals surface area (Å²) in [4.78, 5) is 6.62. The van der Waals surface area contributed by atoms with Gasteiger partial charge < -0.3 is 0 Å². The van der Waals surface area contributed by atoms with Crippen molar-refractivity contribution in [2.75, 3.05) is 6.26 Å². The highest BCUT2D eigenvalue weighted by Crippen LogP contribution is 2.37. The van der Waals surface area contributed by atoms with E-state index in [-0.39, 0.29) is 4.90 Å². The minimum atomic E-state index is -3.27. The largest absolute Gasteiger partial charge is 0.237 e. The summed E-state index contributed by atoms with van der Waals surface area (Å²) in [5, 5.41) is 5.21. The topological polar surface area (TPSA) is 64.8 Å². The minimum Gasteiger partial charge on any atom is -0.237 e. The SMILES string of the molecule is CS(=O)(=O)c1ccc(-c2c(Sc3ccc(Cl)cc3)cnn2-c2ccccn2)cc1. The minimum absolute atomic E-state index is 0.275. The molecule has 146 valence electrons. The highest BCUT2D eigenvalue weighted by atomic mass is 35.5. The number of halogens is 1. The van der Waals surface area contributed by atoms with Crippen molar-refractivity contribution in [2.24, 2.45) is 0 Å². The first kappa shape index (κ1) is 19.7. The molecule has 2 aromatic carbocycles. The number of nitrogens with zero attached hydrogens (tertiary/aromatic N) is 3. The first-order valence-corrected chi connectivity index (χ1v) is 11.7. The number of sulfone groups is 1. The van der Waals surface area contributed by atoms with Crippen LogP contribution in [-0.2, 0) is 9.84 Å². The number of hydrogen-bond acceptors (Lipinski definition) is 5. The van der Waals surface area contributed by atoms with Crippen molar-refractivity contribution in [2.45, 2.75) is 14.7 Å². The molecule has 2 aromatic heterocycles. The Hall–Kier alpha value is -2.61. The van der Waals surface area contributed by atoms with Gasteiger partial charge in [-0.05, 0) is 48.5 Å². The average molecular weight is 442 g/mol. The van der Waals surface area contributed by atoms with Gasteiger partial charge in [0.25, 0.3) is 0 Å². The molecular formula is C21H16ClN3O2S2. The molecule has 0 aliphatic rings. The fraction of sp³-hybridized carbons (Fsp3) is 0.0476. The van der Waals surface area contributed by atoms with Crippen LogP contribution in [-0.4, -0.2) is 29.4 Å². The maximum absolute atomic E-state index is 11.8. The number of hydrogen-bond donors (Lipinski definition) is 0. The Morgan fingerprint density at radius 2 is 1.69 bits per heavy atom.